The molecule has 94 valence electrons. The zero-order valence-electron chi connectivity index (χ0n) is 10.9. The van der Waals surface area contributed by atoms with Crippen LogP contribution < -0.4 is 10.5 Å². The van der Waals surface area contributed by atoms with Gasteiger partial charge in [0.15, 0.2) is 0 Å². The van der Waals surface area contributed by atoms with Crippen LogP contribution in [0.4, 0.5) is 0 Å². The smallest absolute Gasteiger partial charge is 0.123 e. The van der Waals surface area contributed by atoms with Gasteiger partial charge in [0.05, 0.1) is 7.11 Å². The second kappa shape index (κ2) is 5.68. The summed E-state index contributed by atoms with van der Waals surface area (Å²) in [7, 11) is 3.71. The van der Waals surface area contributed by atoms with E-state index in [9.17, 15) is 0 Å². The van der Waals surface area contributed by atoms with Gasteiger partial charge < -0.3 is 10.5 Å². The first-order chi connectivity index (χ1) is 7.95. The van der Waals surface area contributed by atoms with Gasteiger partial charge >= 0.3 is 0 Å². The number of nitrogens with zero attached hydrogens (tertiary/aromatic N) is 1. The number of amidine groups is 1. The van der Waals surface area contributed by atoms with Gasteiger partial charge in [0.1, 0.15) is 11.6 Å². The Labute approximate surface area is 103 Å². The fourth-order valence-electron chi connectivity index (χ4n) is 1.52. The molecule has 1 rings (SSSR count). The van der Waals surface area contributed by atoms with E-state index in [1.807, 2.05) is 12.1 Å². The van der Waals surface area contributed by atoms with Crippen LogP contribution in [0.5, 0.6) is 5.75 Å². The summed E-state index contributed by atoms with van der Waals surface area (Å²) in [5.41, 5.74) is 7.28. The van der Waals surface area contributed by atoms with Gasteiger partial charge in [-0.25, -0.2) is 0 Å². The molecule has 0 saturated carbocycles. The second-order valence-electron chi connectivity index (χ2n) is 4.45. The summed E-state index contributed by atoms with van der Waals surface area (Å²) in [5.74, 6) is 0.920. The van der Waals surface area contributed by atoms with E-state index < -0.39 is 0 Å². The van der Waals surface area contributed by atoms with Gasteiger partial charge in [-0.15, -0.1) is 0 Å². The van der Waals surface area contributed by atoms with E-state index in [0.717, 1.165) is 23.4 Å². The van der Waals surface area contributed by atoms with Crippen molar-refractivity contribution in [3.05, 3.63) is 29.3 Å². The van der Waals surface area contributed by atoms with Crippen LogP contribution in [0.3, 0.4) is 0 Å². The first kappa shape index (κ1) is 13.5. The SMILES string of the molecule is COc1ccc(C(=N)N)cc1CN(C)C(C)C. The van der Waals surface area contributed by atoms with E-state index in [4.69, 9.17) is 15.9 Å². The van der Waals surface area contributed by atoms with Crippen molar-refractivity contribution in [1.82, 2.24) is 4.90 Å². The van der Waals surface area contributed by atoms with Gasteiger partial charge in [0.25, 0.3) is 0 Å². The Bertz CT molecular complexity index is 402. The molecule has 0 atom stereocenters. The van der Waals surface area contributed by atoms with Crippen LogP contribution in [0.25, 0.3) is 0 Å². The van der Waals surface area contributed by atoms with E-state index in [-0.39, 0.29) is 5.84 Å². The topological polar surface area (TPSA) is 62.3 Å². The molecule has 0 spiro atoms. The summed E-state index contributed by atoms with van der Waals surface area (Å²) in [6.45, 7) is 5.06. The second-order valence-corrected chi connectivity index (χ2v) is 4.45. The minimum absolute atomic E-state index is 0.0844. The molecule has 0 aromatic heterocycles. The number of nitrogen functional groups attached to an aromatic ring is 1. The highest BCUT2D eigenvalue weighted by Gasteiger charge is 2.10. The number of ether oxygens (including phenoxy) is 1. The van der Waals surface area contributed by atoms with Crippen molar-refractivity contribution in [2.75, 3.05) is 14.2 Å². The summed E-state index contributed by atoms with van der Waals surface area (Å²) >= 11 is 0. The highest BCUT2D eigenvalue weighted by molar-refractivity contribution is 5.95. The van der Waals surface area contributed by atoms with Gasteiger partial charge in [-0.1, -0.05) is 0 Å². The Hall–Kier alpha value is -1.55. The van der Waals surface area contributed by atoms with Crippen molar-refractivity contribution in [1.29, 1.82) is 5.41 Å². The molecule has 0 fully saturated rings. The maximum Gasteiger partial charge on any atom is 0.123 e. The Balaban J connectivity index is 3.02. The van der Waals surface area contributed by atoms with Gasteiger partial charge in [0.2, 0.25) is 0 Å². The molecule has 0 radical (unpaired) electrons. The van der Waals surface area contributed by atoms with Crippen molar-refractivity contribution >= 4 is 5.84 Å². The summed E-state index contributed by atoms with van der Waals surface area (Å²) in [6.07, 6.45) is 0. The lowest BCUT2D eigenvalue weighted by molar-refractivity contribution is 0.261. The number of hydrogen-bond donors (Lipinski definition) is 2. The average molecular weight is 235 g/mol. The van der Waals surface area contributed by atoms with E-state index in [0.29, 0.717) is 6.04 Å². The Morgan fingerprint density at radius 3 is 2.59 bits per heavy atom. The third-order valence-corrected chi connectivity index (χ3v) is 2.89. The highest BCUT2D eigenvalue weighted by atomic mass is 16.5. The fraction of sp³-hybridized carbons (Fsp3) is 0.462. The molecule has 0 aliphatic heterocycles. The Kier molecular flexibility index (Phi) is 4.52. The molecule has 0 saturated heterocycles. The zero-order chi connectivity index (χ0) is 13.0. The molecule has 4 nitrogen and oxygen atoms in total. The average Bonchev–Trinajstić information content (AvgIpc) is 2.28. The van der Waals surface area contributed by atoms with Gasteiger partial charge in [-0.2, -0.15) is 0 Å². The molecule has 0 heterocycles. The summed E-state index contributed by atoms with van der Waals surface area (Å²) in [4.78, 5) is 2.21. The van der Waals surface area contributed by atoms with Crippen molar-refractivity contribution in [2.45, 2.75) is 26.4 Å². The van der Waals surface area contributed by atoms with Crippen LogP contribution in [-0.4, -0.2) is 30.9 Å². The van der Waals surface area contributed by atoms with E-state index in [2.05, 4.69) is 25.8 Å². The summed E-state index contributed by atoms with van der Waals surface area (Å²) in [5, 5.41) is 7.45. The van der Waals surface area contributed by atoms with Crippen molar-refractivity contribution in [3.8, 4) is 5.75 Å². The van der Waals surface area contributed by atoms with Crippen molar-refractivity contribution < 1.29 is 4.74 Å². The molecule has 4 heteroatoms. The zero-order valence-corrected chi connectivity index (χ0v) is 10.9. The lowest BCUT2D eigenvalue weighted by Crippen LogP contribution is -2.26. The molecule has 0 aliphatic rings. The number of hydrogen-bond acceptors (Lipinski definition) is 3. The fourth-order valence-corrected chi connectivity index (χ4v) is 1.52. The molecule has 1 aromatic rings. The molecule has 0 unspecified atom stereocenters. The Morgan fingerprint density at radius 1 is 1.47 bits per heavy atom. The van der Waals surface area contributed by atoms with Crippen LogP contribution in [-0.2, 0) is 6.54 Å². The molecule has 3 N–H and O–H groups in total. The minimum atomic E-state index is 0.0844. The number of nitrogens with one attached hydrogen (secondary N) is 1. The lowest BCUT2D eigenvalue weighted by atomic mass is 10.1. The Morgan fingerprint density at radius 2 is 2.12 bits per heavy atom. The molecule has 17 heavy (non-hydrogen) atoms. The van der Waals surface area contributed by atoms with Gasteiger partial charge in [0, 0.05) is 23.7 Å². The number of benzene rings is 1. The van der Waals surface area contributed by atoms with Crippen molar-refractivity contribution in [2.24, 2.45) is 5.73 Å². The summed E-state index contributed by atoms with van der Waals surface area (Å²) < 4.78 is 5.32. The normalized spacial score (nSPS) is 10.9. The third kappa shape index (κ3) is 3.46. The van der Waals surface area contributed by atoms with E-state index >= 15 is 0 Å². The largest absolute Gasteiger partial charge is 0.496 e. The maximum atomic E-state index is 7.45. The predicted octanol–water partition coefficient (Wildman–Crippen LogP) is 1.82. The third-order valence-electron chi connectivity index (χ3n) is 2.89. The standard InChI is InChI=1S/C13H21N3O/c1-9(2)16(3)8-11-7-10(13(14)15)5-6-12(11)17-4/h5-7,9H,8H2,1-4H3,(H3,14,15). The van der Waals surface area contributed by atoms with Crippen LogP contribution in [0.2, 0.25) is 0 Å². The molecule has 0 bridgehead atoms. The van der Waals surface area contributed by atoms with Crippen LogP contribution in [0.15, 0.2) is 18.2 Å². The van der Waals surface area contributed by atoms with Crippen LogP contribution >= 0.6 is 0 Å². The lowest BCUT2D eigenvalue weighted by Gasteiger charge is -2.22. The highest BCUT2D eigenvalue weighted by Crippen LogP contribution is 2.21. The number of nitrogens with two attached hydrogens (primary N) is 1. The van der Waals surface area contributed by atoms with Gasteiger partial charge in [-0.05, 0) is 39.1 Å². The minimum Gasteiger partial charge on any atom is -0.496 e. The van der Waals surface area contributed by atoms with Crippen LogP contribution in [0, 0.1) is 5.41 Å². The predicted molar refractivity (Wildman–Crippen MR) is 70.6 cm³/mol. The monoisotopic (exact) mass is 235 g/mol. The maximum absolute atomic E-state index is 7.45. The first-order valence-corrected chi connectivity index (χ1v) is 5.67. The quantitative estimate of drug-likeness (QED) is 0.604. The molecule has 1 aromatic carbocycles. The van der Waals surface area contributed by atoms with Crippen LogP contribution in [0.1, 0.15) is 25.0 Å². The molecule has 0 aliphatic carbocycles. The first-order valence-electron chi connectivity index (χ1n) is 5.67. The van der Waals surface area contributed by atoms with E-state index in [1.54, 1.807) is 13.2 Å². The van der Waals surface area contributed by atoms with Crippen molar-refractivity contribution in [3.63, 3.8) is 0 Å². The molecule has 0 amide bonds. The number of methoxy groups -OCH3 is 1. The summed E-state index contributed by atoms with van der Waals surface area (Å²) in [6, 6.07) is 6.04. The van der Waals surface area contributed by atoms with Gasteiger partial charge in [-0.3, -0.25) is 10.3 Å². The molecular weight excluding hydrogens is 214 g/mol. The molecular formula is C13H21N3O. The number of rotatable bonds is 5. The van der Waals surface area contributed by atoms with E-state index in [1.165, 1.54) is 0 Å².